The molecule has 1 unspecified atom stereocenters. The lowest BCUT2D eigenvalue weighted by atomic mass is 9.87. The molecular weight excluding hydrogens is 249 g/mol. The van der Waals surface area contributed by atoms with Gasteiger partial charge in [0.1, 0.15) is 5.82 Å². The molecule has 0 fully saturated rings. The highest BCUT2D eigenvalue weighted by Gasteiger charge is 2.19. The molecule has 2 heteroatoms. The smallest absolute Gasteiger partial charge is 0.128 e. The molecule has 20 heavy (non-hydrogen) atoms. The van der Waals surface area contributed by atoms with Gasteiger partial charge in [0.05, 0.1) is 6.04 Å². The van der Waals surface area contributed by atoms with E-state index in [1.165, 1.54) is 17.2 Å². The van der Waals surface area contributed by atoms with Crippen molar-refractivity contribution in [1.29, 1.82) is 0 Å². The summed E-state index contributed by atoms with van der Waals surface area (Å²) in [4.78, 5) is 0. The van der Waals surface area contributed by atoms with Crippen molar-refractivity contribution in [3.05, 3.63) is 69.0 Å². The van der Waals surface area contributed by atoms with Gasteiger partial charge in [0.2, 0.25) is 0 Å². The van der Waals surface area contributed by atoms with Crippen LogP contribution in [-0.4, -0.2) is 0 Å². The van der Waals surface area contributed by atoms with Crippen LogP contribution in [0.3, 0.4) is 0 Å². The van der Waals surface area contributed by atoms with E-state index in [2.05, 4.69) is 33.8 Å². The van der Waals surface area contributed by atoms with Gasteiger partial charge in [-0.05, 0) is 68.5 Å². The largest absolute Gasteiger partial charge is 0.320 e. The highest BCUT2D eigenvalue weighted by molar-refractivity contribution is 5.49. The maximum atomic E-state index is 14.1. The zero-order chi connectivity index (χ0) is 15.0. The Hall–Kier alpha value is -1.67. The van der Waals surface area contributed by atoms with Crippen LogP contribution in [-0.2, 0) is 0 Å². The van der Waals surface area contributed by atoms with Gasteiger partial charge in [0, 0.05) is 5.56 Å². The predicted molar refractivity (Wildman–Crippen MR) is 82.6 cm³/mol. The van der Waals surface area contributed by atoms with Crippen LogP contribution >= 0.6 is 0 Å². The Balaban J connectivity index is 2.65. The quantitative estimate of drug-likeness (QED) is 0.860. The highest BCUT2D eigenvalue weighted by atomic mass is 19.1. The van der Waals surface area contributed by atoms with Crippen LogP contribution in [0.15, 0.2) is 24.3 Å². The van der Waals surface area contributed by atoms with Crippen molar-refractivity contribution in [3.8, 4) is 0 Å². The third-order valence-electron chi connectivity index (χ3n) is 4.22. The van der Waals surface area contributed by atoms with Crippen LogP contribution in [0.1, 0.15) is 45.0 Å². The molecule has 0 bridgehead atoms. The molecule has 0 aliphatic carbocycles. The summed E-state index contributed by atoms with van der Waals surface area (Å²) in [6.07, 6.45) is 0. The molecule has 2 rings (SSSR count). The second kappa shape index (κ2) is 5.37. The average molecular weight is 271 g/mol. The summed E-state index contributed by atoms with van der Waals surface area (Å²) in [6, 6.07) is 6.85. The van der Waals surface area contributed by atoms with E-state index in [1.807, 2.05) is 13.0 Å². The first-order valence-electron chi connectivity index (χ1n) is 6.92. The summed E-state index contributed by atoms with van der Waals surface area (Å²) in [6.45, 7) is 10.2. The fraction of sp³-hybridized carbons (Fsp3) is 0.333. The first-order chi connectivity index (χ1) is 9.32. The van der Waals surface area contributed by atoms with Crippen molar-refractivity contribution in [3.63, 3.8) is 0 Å². The molecule has 0 aromatic heterocycles. The van der Waals surface area contributed by atoms with Crippen LogP contribution in [0.25, 0.3) is 0 Å². The van der Waals surface area contributed by atoms with E-state index < -0.39 is 6.04 Å². The van der Waals surface area contributed by atoms with E-state index in [0.29, 0.717) is 5.56 Å². The molecule has 0 saturated heterocycles. The van der Waals surface area contributed by atoms with E-state index >= 15 is 0 Å². The molecule has 1 atom stereocenters. The lowest BCUT2D eigenvalue weighted by Gasteiger charge is -2.22. The number of hydrogen-bond acceptors (Lipinski definition) is 1. The Bertz CT molecular complexity index is 633. The van der Waals surface area contributed by atoms with Crippen molar-refractivity contribution >= 4 is 0 Å². The minimum Gasteiger partial charge on any atom is -0.320 e. The van der Waals surface area contributed by atoms with Crippen LogP contribution in [0.2, 0.25) is 0 Å². The van der Waals surface area contributed by atoms with E-state index in [1.54, 1.807) is 6.07 Å². The second-order valence-corrected chi connectivity index (χ2v) is 5.68. The summed E-state index contributed by atoms with van der Waals surface area (Å²) in [5.41, 5.74) is 13.7. The summed E-state index contributed by atoms with van der Waals surface area (Å²) >= 11 is 0. The van der Waals surface area contributed by atoms with E-state index in [0.717, 1.165) is 22.3 Å². The van der Waals surface area contributed by atoms with E-state index in [4.69, 9.17) is 5.73 Å². The summed E-state index contributed by atoms with van der Waals surface area (Å²) in [5.74, 6) is -0.235. The minimum absolute atomic E-state index is 0.235. The molecule has 106 valence electrons. The standard InChI is InChI=1S/C18H22FN/c1-10-6-7-16(19)15(8-10)18(20)17-13(4)11(2)9-12(3)14(17)5/h6-9,18H,20H2,1-5H3. The predicted octanol–water partition coefficient (Wildman–Crippen LogP) is 4.42. The average Bonchev–Trinajstić information content (AvgIpc) is 2.39. The molecule has 0 aliphatic heterocycles. The molecule has 1 nitrogen and oxygen atoms in total. The van der Waals surface area contributed by atoms with Gasteiger partial charge in [0.25, 0.3) is 0 Å². The molecule has 0 amide bonds. The number of benzene rings is 2. The third kappa shape index (κ3) is 2.48. The van der Waals surface area contributed by atoms with Crippen LogP contribution in [0.4, 0.5) is 4.39 Å². The topological polar surface area (TPSA) is 26.0 Å². The van der Waals surface area contributed by atoms with Gasteiger partial charge in [-0.15, -0.1) is 0 Å². The maximum absolute atomic E-state index is 14.1. The molecule has 2 aromatic carbocycles. The molecule has 0 radical (unpaired) electrons. The lowest BCUT2D eigenvalue weighted by Crippen LogP contribution is -2.17. The van der Waals surface area contributed by atoms with Crippen LogP contribution in [0, 0.1) is 40.4 Å². The van der Waals surface area contributed by atoms with Crippen LogP contribution < -0.4 is 5.73 Å². The lowest BCUT2D eigenvalue weighted by molar-refractivity contribution is 0.598. The highest BCUT2D eigenvalue weighted by Crippen LogP contribution is 2.31. The first-order valence-corrected chi connectivity index (χ1v) is 6.92. The van der Waals surface area contributed by atoms with Gasteiger partial charge >= 0.3 is 0 Å². The first kappa shape index (κ1) is 14.7. The fourth-order valence-electron chi connectivity index (χ4n) is 2.77. The molecule has 0 heterocycles. The van der Waals surface area contributed by atoms with E-state index in [9.17, 15) is 4.39 Å². The number of nitrogens with two attached hydrogens (primary N) is 1. The Kier molecular flexibility index (Phi) is 3.96. The third-order valence-corrected chi connectivity index (χ3v) is 4.22. The number of aryl methyl sites for hydroxylation is 3. The molecule has 0 saturated carbocycles. The zero-order valence-corrected chi connectivity index (χ0v) is 12.8. The van der Waals surface area contributed by atoms with Gasteiger partial charge < -0.3 is 5.73 Å². The summed E-state index contributed by atoms with van der Waals surface area (Å²) in [7, 11) is 0. The number of hydrogen-bond donors (Lipinski definition) is 1. The van der Waals surface area contributed by atoms with Gasteiger partial charge in [-0.1, -0.05) is 23.8 Å². The Labute approximate surface area is 120 Å². The minimum atomic E-state index is -0.423. The molecule has 2 aromatic rings. The van der Waals surface area contributed by atoms with E-state index in [-0.39, 0.29) is 5.82 Å². The van der Waals surface area contributed by atoms with Crippen molar-refractivity contribution in [2.45, 2.75) is 40.7 Å². The molecule has 2 N–H and O–H groups in total. The Morgan fingerprint density at radius 3 is 2.00 bits per heavy atom. The summed E-state index contributed by atoms with van der Waals surface area (Å²) < 4.78 is 14.1. The number of halogens is 1. The van der Waals surface area contributed by atoms with Crippen LogP contribution in [0.5, 0.6) is 0 Å². The van der Waals surface area contributed by atoms with Crippen molar-refractivity contribution in [1.82, 2.24) is 0 Å². The normalized spacial score (nSPS) is 12.6. The van der Waals surface area contributed by atoms with Gasteiger partial charge in [-0.2, -0.15) is 0 Å². The second-order valence-electron chi connectivity index (χ2n) is 5.68. The van der Waals surface area contributed by atoms with Crippen molar-refractivity contribution in [2.75, 3.05) is 0 Å². The zero-order valence-electron chi connectivity index (χ0n) is 12.8. The fourth-order valence-corrected chi connectivity index (χ4v) is 2.77. The summed E-state index contributed by atoms with van der Waals surface area (Å²) in [5, 5.41) is 0. The molecule has 0 spiro atoms. The van der Waals surface area contributed by atoms with Gasteiger partial charge in [-0.25, -0.2) is 4.39 Å². The van der Waals surface area contributed by atoms with Crippen molar-refractivity contribution < 1.29 is 4.39 Å². The Morgan fingerprint density at radius 2 is 1.45 bits per heavy atom. The maximum Gasteiger partial charge on any atom is 0.128 e. The van der Waals surface area contributed by atoms with Crippen molar-refractivity contribution in [2.24, 2.45) is 5.73 Å². The SMILES string of the molecule is Cc1ccc(F)c(C(N)c2c(C)c(C)cc(C)c2C)c1. The molecule has 0 aliphatic rings. The number of rotatable bonds is 2. The van der Waals surface area contributed by atoms with Gasteiger partial charge in [-0.3, -0.25) is 0 Å². The monoisotopic (exact) mass is 271 g/mol. The Morgan fingerprint density at radius 1 is 0.900 bits per heavy atom. The van der Waals surface area contributed by atoms with Gasteiger partial charge in [0.15, 0.2) is 0 Å². The molecular formula is C18H22FN.